The molecule has 0 unspecified atom stereocenters. The number of carbonyl (C=O) groups is 1. The predicted molar refractivity (Wildman–Crippen MR) is 126 cm³/mol. The highest BCUT2D eigenvalue weighted by atomic mass is 16.2. The zero-order valence-electron chi connectivity index (χ0n) is 19.6. The molecule has 1 aromatic carbocycles. The first kappa shape index (κ1) is 21.5. The smallest absolute Gasteiger partial charge is 0.222 e. The van der Waals surface area contributed by atoms with Gasteiger partial charge in [0.2, 0.25) is 5.91 Å². The van der Waals surface area contributed by atoms with E-state index in [-0.39, 0.29) is 5.91 Å². The van der Waals surface area contributed by atoms with Crippen molar-refractivity contribution >= 4 is 16.9 Å². The van der Waals surface area contributed by atoms with E-state index in [1.165, 1.54) is 35.1 Å². The number of hydrogen-bond donors (Lipinski definition) is 0. The molecule has 0 N–H and O–H groups in total. The third-order valence-electron chi connectivity index (χ3n) is 6.86. The molecule has 5 nitrogen and oxygen atoms in total. The molecule has 1 saturated heterocycles. The largest absolute Gasteiger partial charge is 0.343 e. The maximum absolute atomic E-state index is 12.8. The van der Waals surface area contributed by atoms with Gasteiger partial charge in [-0.15, -0.1) is 0 Å². The minimum Gasteiger partial charge on any atom is -0.343 e. The van der Waals surface area contributed by atoms with Crippen LogP contribution in [0.15, 0.2) is 18.2 Å². The molecule has 1 aliphatic heterocycles. The lowest BCUT2D eigenvalue weighted by molar-refractivity contribution is -0.131. The summed E-state index contributed by atoms with van der Waals surface area (Å²) < 4.78 is 1.96. The third-order valence-corrected chi connectivity index (χ3v) is 6.86. The fourth-order valence-electron chi connectivity index (χ4n) is 4.82. The molecule has 0 spiro atoms. The van der Waals surface area contributed by atoms with E-state index in [1.54, 1.807) is 0 Å². The van der Waals surface area contributed by atoms with Gasteiger partial charge in [0.25, 0.3) is 0 Å². The first-order valence-electron chi connectivity index (χ1n) is 11.6. The second-order valence-corrected chi connectivity index (χ2v) is 9.06. The van der Waals surface area contributed by atoms with Crippen LogP contribution < -0.4 is 0 Å². The van der Waals surface area contributed by atoms with Gasteiger partial charge in [0.15, 0.2) is 5.65 Å². The summed E-state index contributed by atoms with van der Waals surface area (Å²) in [5, 5.41) is 5.94. The van der Waals surface area contributed by atoms with Gasteiger partial charge in [0, 0.05) is 30.6 Å². The average molecular weight is 419 g/mol. The quantitative estimate of drug-likeness (QED) is 0.578. The van der Waals surface area contributed by atoms with Crippen LogP contribution in [-0.4, -0.2) is 38.7 Å². The van der Waals surface area contributed by atoms with Crippen molar-refractivity contribution < 1.29 is 4.79 Å². The van der Waals surface area contributed by atoms with E-state index >= 15 is 0 Å². The van der Waals surface area contributed by atoms with Gasteiger partial charge < -0.3 is 4.90 Å². The molecule has 0 radical (unpaired) electrons. The molecular weight excluding hydrogens is 384 g/mol. The molecule has 2 aromatic heterocycles. The molecule has 31 heavy (non-hydrogen) atoms. The standard InChI is InChI=1S/C26H34N4O/c1-17-10-11-22(16-18(17)2)30-26-25(21(5)28-30)19(3)23(20(4)27-26)12-13-24(31)29-14-8-6-7-9-15-29/h10-11,16H,6-9,12-15H2,1-5H3. The van der Waals surface area contributed by atoms with Gasteiger partial charge in [-0.2, -0.15) is 5.10 Å². The van der Waals surface area contributed by atoms with Crippen molar-refractivity contribution in [1.82, 2.24) is 19.7 Å². The fourth-order valence-corrected chi connectivity index (χ4v) is 4.82. The first-order chi connectivity index (χ1) is 14.9. The van der Waals surface area contributed by atoms with E-state index in [2.05, 4.69) is 57.7 Å². The van der Waals surface area contributed by atoms with Crippen molar-refractivity contribution in [3.8, 4) is 5.69 Å². The Morgan fingerprint density at radius 3 is 2.32 bits per heavy atom. The van der Waals surface area contributed by atoms with Crippen LogP contribution in [0.1, 0.15) is 65.7 Å². The molecule has 0 aliphatic carbocycles. The van der Waals surface area contributed by atoms with Gasteiger partial charge in [-0.25, -0.2) is 9.67 Å². The Hall–Kier alpha value is -2.69. The van der Waals surface area contributed by atoms with E-state index in [4.69, 9.17) is 10.1 Å². The monoisotopic (exact) mass is 418 g/mol. The molecule has 1 fully saturated rings. The fraction of sp³-hybridized carbons (Fsp3) is 0.500. The molecule has 1 amide bonds. The second kappa shape index (κ2) is 8.81. The second-order valence-electron chi connectivity index (χ2n) is 9.06. The van der Waals surface area contributed by atoms with Crippen molar-refractivity contribution in [2.45, 2.75) is 73.1 Å². The normalized spacial score (nSPS) is 14.8. The van der Waals surface area contributed by atoms with Crippen molar-refractivity contribution in [3.63, 3.8) is 0 Å². The summed E-state index contributed by atoms with van der Waals surface area (Å²) in [6.07, 6.45) is 6.05. The molecule has 3 heterocycles. The Bertz CT molecular complexity index is 1120. The molecule has 164 valence electrons. The minimum atomic E-state index is 0.281. The van der Waals surface area contributed by atoms with Crippen molar-refractivity contribution in [1.29, 1.82) is 0 Å². The topological polar surface area (TPSA) is 51.0 Å². The van der Waals surface area contributed by atoms with Crippen LogP contribution in [0.25, 0.3) is 16.7 Å². The number of aryl methyl sites for hydroxylation is 5. The van der Waals surface area contributed by atoms with Crippen molar-refractivity contribution in [2.75, 3.05) is 13.1 Å². The number of hydrogen-bond acceptors (Lipinski definition) is 3. The van der Waals surface area contributed by atoms with Crippen LogP contribution in [0.5, 0.6) is 0 Å². The van der Waals surface area contributed by atoms with Gasteiger partial charge in [-0.1, -0.05) is 18.9 Å². The van der Waals surface area contributed by atoms with E-state index in [9.17, 15) is 4.79 Å². The van der Waals surface area contributed by atoms with Crippen LogP contribution >= 0.6 is 0 Å². The maximum Gasteiger partial charge on any atom is 0.222 e. The number of benzene rings is 1. The molecule has 4 rings (SSSR count). The van der Waals surface area contributed by atoms with Crippen LogP contribution in [-0.2, 0) is 11.2 Å². The maximum atomic E-state index is 12.8. The Kier molecular flexibility index (Phi) is 6.12. The number of pyridine rings is 1. The van der Waals surface area contributed by atoms with E-state index in [0.29, 0.717) is 6.42 Å². The molecule has 0 saturated carbocycles. The van der Waals surface area contributed by atoms with Gasteiger partial charge in [0.05, 0.1) is 11.4 Å². The molecule has 0 atom stereocenters. The Balaban J connectivity index is 1.64. The Morgan fingerprint density at radius 2 is 1.65 bits per heavy atom. The first-order valence-corrected chi connectivity index (χ1v) is 11.6. The molecule has 5 heteroatoms. The van der Waals surface area contributed by atoms with Crippen molar-refractivity contribution in [2.24, 2.45) is 0 Å². The molecule has 3 aromatic rings. The summed E-state index contributed by atoms with van der Waals surface area (Å²) in [5.74, 6) is 0.281. The average Bonchev–Trinajstić information content (AvgIpc) is 2.91. The third kappa shape index (κ3) is 4.23. The summed E-state index contributed by atoms with van der Waals surface area (Å²) >= 11 is 0. The highest BCUT2D eigenvalue weighted by Gasteiger charge is 2.20. The zero-order valence-corrected chi connectivity index (χ0v) is 19.6. The van der Waals surface area contributed by atoms with Gasteiger partial charge in [-0.05, 0) is 88.3 Å². The number of carbonyl (C=O) groups excluding carboxylic acids is 1. The van der Waals surface area contributed by atoms with Gasteiger partial charge in [-0.3, -0.25) is 4.79 Å². The van der Waals surface area contributed by atoms with Gasteiger partial charge >= 0.3 is 0 Å². The van der Waals surface area contributed by atoms with Crippen LogP contribution in [0.2, 0.25) is 0 Å². The Morgan fingerprint density at radius 1 is 0.935 bits per heavy atom. The number of nitrogens with zero attached hydrogens (tertiary/aromatic N) is 4. The number of amides is 1. The molecule has 0 bridgehead atoms. The summed E-state index contributed by atoms with van der Waals surface area (Å²) in [4.78, 5) is 19.8. The number of likely N-dealkylation sites (tertiary alicyclic amines) is 1. The SMILES string of the molecule is Cc1ccc(-n2nc(C)c3c(C)c(CCC(=O)N4CCCCCC4)c(C)nc32)cc1C. The molecular formula is C26H34N4O. The number of rotatable bonds is 4. The van der Waals surface area contributed by atoms with E-state index in [1.807, 2.05) is 4.68 Å². The molecule has 1 aliphatic rings. The van der Waals surface area contributed by atoms with Crippen LogP contribution in [0.3, 0.4) is 0 Å². The number of fused-ring (bicyclic) bond motifs is 1. The lowest BCUT2D eigenvalue weighted by Gasteiger charge is -2.20. The minimum absolute atomic E-state index is 0.281. The highest BCUT2D eigenvalue weighted by molar-refractivity contribution is 5.85. The Labute approximate surface area is 185 Å². The van der Waals surface area contributed by atoms with E-state index < -0.39 is 0 Å². The lowest BCUT2D eigenvalue weighted by Crippen LogP contribution is -2.32. The van der Waals surface area contributed by atoms with E-state index in [0.717, 1.165) is 60.5 Å². The number of aromatic nitrogens is 3. The predicted octanol–water partition coefficient (Wildman–Crippen LogP) is 5.30. The van der Waals surface area contributed by atoms with Crippen LogP contribution in [0.4, 0.5) is 0 Å². The highest BCUT2D eigenvalue weighted by Crippen LogP contribution is 2.29. The van der Waals surface area contributed by atoms with Crippen molar-refractivity contribution in [3.05, 3.63) is 51.8 Å². The lowest BCUT2D eigenvalue weighted by atomic mass is 9.99. The summed E-state index contributed by atoms with van der Waals surface area (Å²) in [7, 11) is 0. The summed E-state index contributed by atoms with van der Waals surface area (Å²) in [6, 6.07) is 6.41. The van der Waals surface area contributed by atoms with Crippen LogP contribution in [0, 0.1) is 34.6 Å². The van der Waals surface area contributed by atoms with Gasteiger partial charge in [0.1, 0.15) is 0 Å². The zero-order chi connectivity index (χ0) is 22.1. The summed E-state index contributed by atoms with van der Waals surface area (Å²) in [6.45, 7) is 12.3. The summed E-state index contributed by atoms with van der Waals surface area (Å²) in [5.41, 5.74) is 8.84.